The number of carbonyl (C=O) groups excluding carboxylic acids is 2. The fourth-order valence-corrected chi connectivity index (χ4v) is 2.84. The average molecular weight is 373 g/mol. The molecule has 26 heavy (non-hydrogen) atoms. The third kappa shape index (κ3) is 3.50. The van der Waals surface area contributed by atoms with Gasteiger partial charge in [0.05, 0.1) is 12.8 Å². The van der Waals surface area contributed by atoms with E-state index in [2.05, 4.69) is 10.6 Å². The van der Waals surface area contributed by atoms with Crippen LogP contribution in [0.2, 0.25) is 5.02 Å². The molecule has 0 radical (unpaired) electrons. The number of hydrogen-bond acceptors (Lipinski definition) is 4. The molecule has 2 amide bonds. The van der Waals surface area contributed by atoms with Crippen LogP contribution in [-0.2, 0) is 4.79 Å². The molecule has 0 saturated carbocycles. The molecule has 2 N–H and O–H groups in total. The highest BCUT2D eigenvalue weighted by Gasteiger charge is 2.18. The Kier molecular flexibility index (Phi) is 4.86. The summed E-state index contributed by atoms with van der Waals surface area (Å²) in [5, 5.41) is 6.79. The van der Waals surface area contributed by atoms with Crippen molar-refractivity contribution in [2.24, 2.45) is 0 Å². The van der Waals surface area contributed by atoms with Crippen LogP contribution < -0.4 is 15.4 Å². The van der Waals surface area contributed by atoms with Crippen LogP contribution in [0.5, 0.6) is 5.75 Å². The summed E-state index contributed by atoms with van der Waals surface area (Å²) < 4.78 is 10.9. The van der Waals surface area contributed by atoms with Gasteiger partial charge in [-0.15, -0.1) is 0 Å². The molecule has 134 valence electrons. The Morgan fingerprint density at radius 2 is 1.88 bits per heavy atom. The molecule has 0 atom stereocenters. The molecule has 0 unspecified atom stereocenters. The van der Waals surface area contributed by atoms with E-state index in [1.165, 1.54) is 14.0 Å². The monoisotopic (exact) mass is 372 g/mol. The van der Waals surface area contributed by atoms with Crippen molar-refractivity contribution < 1.29 is 18.7 Å². The summed E-state index contributed by atoms with van der Waals surface area (Å²) in [7, 11) is 1.50. The number of amides is 2. The predicted octanol–water partition coefficient (Wildman–Crippen LogP) is 4.61. The van der Waals surface area contributed by atoms with Crippen LogP contribution in [-0.4, -0.2) is 18.9 Å². The van der Waals surface area contributed by atoms with E-state index in [4.69, 9.17) is 20.8 Å². The van der Waals surface area contributed by atoms with E-state index in [1.54, 1.807) is 43.3 Å². The first-order valence-electron chi connectivity index (χ1n) is 7.84. The summed E-state index contributed by atoms with van der Waals surface area (Å²) in [5.74, 6) is 0.0671. The maximum atomic E-state index is 12.6. The number of benzene rings is 2. The largest absolute Gasteiger partial charge is 0.495 e. The average Bonchev–Trinajstić information content (AvgIpc) is 2.91. The highest BCUT2D eigenvalue weighted by molar-refractivity contribution is 6.31. The quantitative estimate of drug-likeness (QED) is 0.700. The molecule has 0 aliphatic rings. The molecule has 3 aromatic rings. The maximum absolute atomic E-state index is 12.6. The lowest BCUT2D eigenvalue weighted by Crippen LogP contribution is -2.13. The van der Waals surface area contributed by atoms with Gasteiger partial charge in [-0.2, -0.15) is 0 Å². The Morgan fingerprint density at radius 3 is 2.58 bits per heavy atom. The Morgan fingerprint density at radius 1 is 1.12 bits per heavy atom. The number of nitrogens with one attached hydrogen (secondary N) is 2. The molecule has 1 aromatic heterocycles. The number of methoxy groups -OCH3 is 1. The van der Waals surface area contributed by atoms with Crippen molar-refractivity contribution in [1.29, 1.82) is 0 Å². The van der Waals surface area contributed by atoms with Gasteiger partial charge in [-0.1, -0.05) is 11.6 Å². The molecule has 0 bridgehead atoms. The molecule has 0 aliphatic heterocycles. The van der Waals surface area contributed by atoms with Crippen molar-refractivity contribution in [3.05, 3.63) is 52.7 Å². The van der Waals surface area contributed by atoms with Crippen molar-refractivity contribution >= 4 is 45.8 Å². The molecule has 3 rings (SSSR count). The molecule has 2 aromatic carbocycles. The number of halogens is 1. The number of ether oxygens (including phenoxy) is 1. The predicted molar refractivity (Wildman–Crippen MR) is 101 cm³/mol. The van der Waals surface area contributed by atoms with E-state index in [0.29, 0.717) is 33.3 Å². The van der Waals surface area contributed by atoms with Crippen molar-refractivity contribution in [2.75, 3.05) is 17.7 Å². The second-order valence-corrected chi connectivity index (χ2v) is 6.18. The van der Waals surface area contributed by atoms with Crippen molar-refractivity contribution in [3.8, 4) is 5.75 Å². The minimum absolute atomic E-state index is 0.208. The van der Waals surface area contributed by atoms with Gasteiger partial charge in [0.15, 0.2) is 5.76 Å². The Labute approximate surface area is 155 Å². The topological polar surface area (TPSA) is 80.6 Å². The van der Waals surface area contributed by atoms with Crippen LogP contribution in [0.4, 0.5) is 11.4 Å². The number of aryl methyl sites for hydroxylation is 1. The number of rotatable bonds is 4. The number of anilines is 2. The first-order valence-corrected chi connectivity index (χ1v) is 8.22. The van der Waals surface area contributed by atoms with Gasteiger partial charge in [-0.25, -0.2) is 0 Å². The van der Waals surface area contributed by atoms with Crippen LogP contribution >= 0.6 is 11.6 Å². The Balaban J connectivity index is 1.90. The lowest BCUT2D eigenvalue weighted by atomic mass is 10.1. The zero-order valence-corrected chi connectivity index (χ0v) is 15.2. The van der Waals surface area contributed by atoms with E-state index in [1.807, 2.05) is 0 Å². The number of furan rings is 1. The molecule has 0 fully saturated rings. The minimum atomic E-state index is -0.395. The maximum Gasteiger partial charge on any atom is 0.291 e. The lowest BCUT2D eigenvalue weighted by molar-refractivity contribution is -0.114. The second-order valence-electron chi connectivity index (χ2n) is 5.75. The fraction of sp³-hybridized carbons (Fsp3) is 0.158. The summed E-state index contributed by atoms with van der Waals surface area (Å²) >= 11 is 6.01. The van der Waals surface area contributed by atoms with Gasteiger partial charge in [0.2, 0.25) is 5.91 Å². The lowest BCUT2D eigenvalue weighted by Gasteiger charge is -2.11. The first-order chi connectivity index (χ1) is 12.4. The van der Waals surface area contributed by atoms with E-state index in [-0.39, 0.29) is 11.7 Å². The number of carbonyl (C=O) groups is 2. The van der Waals surface area contributed by atoms with Crippen LogP contribution in [0.1, 0.15) is 23.0 Å². The van der Waals surface area contributed by atoms with Crippen LogP contribution in [0.25, 0.3) is 11.0 Å². The molecule has 0 aliphatic carbocycles. The Bertz CT molecular complexity index is 1010. The summed E-state index contributed by atoms with van der Waals surface area (Å²) in [5.41, 5.74) is 2.25. The van der Waals surface area contributed by atoms with E-state index >= 15 is 0 Å². The SMILES string of the molecule is COc1ccc(NC(=O)c2oc3ccc(Cl)cc3c2C)cc1NC(C)=O. The third-order valence-electron chi connectivity index (χ3n) is 3.87. The third-order valence-corrected chi connectivity index (χ3v) is 4.11. The van der Waals surface area contributed by atoms with Crippen molar-refractivity contribution in [3.63, 3.8) is 0 Å². The zero-order valence-electron chi connectivity index (χ0n) is 14.5. The molecule has 0 spiro atoms. The van der Waals surface area contributed by atoms with Crippen molar-refractivity contribution in [2.45, 2.75) is 13.8 Å². The number of hydrogen-bond donors (Lipinski definition) is 2. The molecule has 1 heterocycles. The van der Waals surface area contributed by atoms with Crippen molar-refractivity contribution in [1.82, 2.24) is 0 Å². The van der Waals surface area contributed by atoms with Gasteiger partial charge >= 0.3 is 0 Å². The highest BCUT2D eigenvalue weighted by Crippen LogP contribution is 2.30. The zero-order chi connectivity index (χ0) is 18.8. The van der Waals surface area contributed by atoms with E-state index in [0.717, 1.165) is 5.39 Å². The summed E-state index contributed by atoms with van der Waals surface area (Å²) in [6.45, 7) is 3.20. The smallest absolute Gasteiger partial charge is 0.291 e. The van der Waals surface area contributed by atoms with Crippen LogP contribution in [0.3, 0.4) is 0 Å². The summed E-state index contributed by atoms with van der Waals surface area (Å²) in [6.07, 6.45) is 0. The second kappa shape index (κ2) is 7.09. The molecule has 0 saturated heterocycles. The molecular formula is C19H17ClN2O4. The van der Waals surface area contributed by atoms with Crippen LogP contribution in [0.15, 0.2) is 40.8 Å². The van der Waals surface area contributed by atoms with Gasteiger partial charge in [0, 0.05) is 28.6 Å². The molecular weight excluding hydrogens is 356 g/mol. The van der Waals surface area contributed by atoms with Crippen LogP contribution in [0, 0.1) is 6.92 Å². The van der Waals surface area contributed by atoms with Gasteiger partial charge in [-0.3, -0.25) is 9.59 Å². The normalized spacial score (nSPS) is 10.6. The summed E-state index contributed by atoms with van der Waals surface area (Å²) in [6, 6.07) is 10.1. The van der Waals surface area contributed by atoms with Gasteiger partial charge in [0.25, 0.3) is 5.91 Å². The van der Waals surface area contributed by atoms with E-state index in [9.17, 15) is 9.59 Å². The van der Waals surface area contributed by atoms with Gasteiger partial charge < -0.3 is 19.8 Å². The minimum Gasteiger partial charge on any atom is -0.495 e. The number of fused-ring (bicyclic) bond motifs is 1. The molecule has 6 nitrogen and oxygen atoms in total. The first kappa shape index (κ1) is 17.8. The Hall–Kier alpha value is -2.99. The highest BCUT2D eigenvalue weighted by atomic mass is 35.5. The van der Waals surface area contributed by atoms with Gasteiger partial charge in [0.1, 0.15) is 11.3 Å². The standard InChI is InChI=1S/C19H17ClN2O4/c1-10-14-8-12(20)4-6-16(14)26-18(10)19(24)22-13-5-7-17(25-3)15(9-13)21-11(2)23/h4-9H,1-3H3,(H,21,23)(H,22,24). The molecule has 7 heteroatoms. The van der Waals surface area contributed by atoms with Gasteiger partial charge in [-0.05, 0) is 43.3 Å². The summed E-state index contributed by atoms with van der Waals surface area (Å²) in [4.78, 5) is 23.9. The van der Waals surface area contributed by atoms with E-state index < -0.39 is 5.91 Å². The fourth-order valence-electron chi connectivity index (χ4n) is 2.67.